The standard InChI is InChI=1S/C16H24FN3O/c1-18-16-12-21-11-13(16)10-19-6-8-20(9-7-19)15-4-2-14(17)3-5-15/h2-5,13,16,18H,6-12H2,1H3. The van der Waals surface area contributed by atoms with E-state index in [1.165, 1.54) is 12.1 Å². The fraction of sp³-hybridized carbons (Fsp3) is 0.625. The van der Waals surface area contributed by atoms with Crippen molar-refractivity contribution in [1.82, 2.24) is 10.2 Å². The Labute approximate surface area is 125 Å². The van der Waals surface area contributed by atoms with Gasteiger partial charge >= 0.3 is 0 Å². The molecule has 1 aromatic rings. The minimum absolute atomic E-state index is 0.170. The largest absolute Gasteiger partial charge is 0.379 e. The smallest absolute Gasteiger partial charge is 0.123 e. The molecule has 1 aromatic carbocycles. The lowest BCUT2D eigenvalue weighted by Crippen LogP contribution is -2.49. The van der Waals surface area contributed by atoms with Crippen molar-refractivity contribution < 1.29 is 9.13 Å². The number of nitrogens with one attached hydrogen (secondary N) is 1. The predicted octanol–water partition coefficient (Wildman–Crippen LogP) is 1.18. The van der Waals surface area contributed by atoms with Gasteiger partial charge in [0.05, 0.1) is 13.2 Å². The van der Waals surface area contributed by atoms with Crippen LogP contribution in [0.1, 0.15) is 0 Å². The Hall–Kier alpha value is -1.17. The predicted molar refractivity (Wildman–Crippen MR) is 82.2 cm³/mol. The molecule has 0 saturated carbocycles. The Morgan fingerprint density at radius 2 is 1.86 bits per heavy atom. The maximum atomic E-state index is 13.0. The van der Waals surface area contributed by atoms with Crippen LogP contribution in [0.5, 0.6) is 0 Å². The minimum atomic E-state index is -0.170. The highest BCUT2D eigenvalue weighted by Gasteiger charge is 2.29. The van der Waals surface area contributed by atoms with Gasteiger partial charge in [-0.2, -0.15) is 0 Å². The van der Waals surface area contributed by atoms with Gasteiger partial charge in [-0.25, -0.2) is 4.39 Å². The molecule has 0 aliphatic carbocycles. The van der Waals surface area contributed by atoms with Gasteiger partial charge in [-0.05, 0) is 31.3 Å². The summed E-state index contributed by atoms with van der Waals surface area (Å²) in [4.78, 5) is 4.85. The average molecular weight is 293 g/mol. The third-order valence-electron chi connectivity index (χ3n) is 4.63. The number of rotatable bonds is 4. The van der Waals surface area contributed by atoms with Crippen molar-refractivity contribution in [2.24, 2.45) is 5.92 Å². The molecule has 0 aromatic heterocycles. The number of anilines is 1. The van der Waals surface area contributed by atoms with Crippen LogP contribution in [-0.4, -0.2) is 63.9 Å². The Bertz CT molecular complexity index is 445. The first kappa shape index (κ1) is 14.8. The van der Waals surface area contributed by atoms with E-state index in [1.807, 2.05) is 19.2 Å². The highest BCUT2D eigenvalue weighted by atomic mass is 19.1. The summed E-state index contributed by atoms with van der Waals surface area (Å²) in [6.07, 6.45) is 0. The fourth-order valence-corrected chi connectivity index (χ4v) is 3.27. The summed E-state index contributed by atoms with van der Waals surface area (Å²) in [5.74, 6) is 0.420. The van der Waals surface area contributed by atoms with Gasteiger partial charge in [0, 0.05) is 50.4 Å². The van der Waals surface area contributed by atoms with Gasteiger partial charge in [0.25, 0.3) is 0 Å². The van der Waals surface area contributed by atoms with Crippen LogP contribution >= 0.6 is 0 Å². The topological polar surface area (TPSA) is 27.7 Å². The number of ether oxygens (including phenoxy) is 1. The highest BCUT2D eigenvalue weighted by Crippen LogP contribution is 2.19. The quantitative estimate of drug-likeness (QED) is 0.902. The summed E-state index contributed by atoms with van der Waals surface area (Å²) in [6.45, 7) is 6.92. The van der Waals surface area contributed by atoms with E-state index in [0.29, 0.717) is 12.0 Å². The van der Waals surface area contributed by atoms with E-state index in [0.717, 1.165) is 51.6 Å². The van der Waals surface area contributed by atoms with E-state index in [-0.39, 0.29) is 5.82 Å². The van der Waals surface area contributed by atoms with Crippen LogP contribution in [0.4, 0.5) is 10.1 Å². The molecule has 0 amide bonds. The molecule has 2 unspecified atom stereocenters. The van der Waals surface area contributed by atoms with Gasteiger partial charge in [0.15, 0.2) is 0 Å². The van der Waals surface area contributed by atoms with Crippen LogP contribution in [0, 0.1) is 11.7 Å². The van der Waals surface area contributed by atoms with Crippen LogP contribution in [0.15, 0.2) is 24.3 Å². The Morgan fingerprint density at radius 3 is 2.52 bits per heavy atom. The molecule has 21 heavy (non-hydrogen) atoms. The maximum Gasteiger partial charge on any atom is 0.123 e. The number of likely N-dealkylation sites (N-methyl/N-ethyl adjacent to an activating group) is 1. The molecule has 4 nitrogen and oxygen atoms in total. The van der Waals surface area contributed by atoms with Crippen molar-refractivity contribution in [3.63, 3.8) is 0 Å². The van der Waals surface area contributed by atoms with Gasteiger partial charge in [-0.15, -0.1) is 0 Å². The molecule has 5 heteroatoms. The second-order valence-electron chi connectivity index (χ2n) is 5.96. The van der Waals surface area contributed by atoms with E-state index in [2.05, 4.69) is 15.1 Å². The SMILES string of the molecule is CNC1COCC1CN1CCN(c2ccc(F)cc2)CC1. The lowest BCUT2D eigenvalue weighted by Gasteiger charge is -2.37. The third kappa shape index (κ3) is 3.54. The van der Waals surface area contributed by atoms with Gasteiger partial charge < -0.3 is 15.0 Å². The second kappa shape index (κ2) is 6.73. The molecule has 0 radical (unpaired) electrons. The van der Waals surface area contributed by atoms with E-state index in [9.17, 15) is 4.39 Å². The molecule has 2 aliphatic heterocycles. The van der Waals surface area contributed by atoms with Crippen LogP contribution in [0.3, 0.4) is 0 Å². The van der Waals surface area contributed by atoms with E-state index in [1.54, 1.807) is 0 Å². The molecule has 0 spiro atoms. The first-order chi connectivity index (χ1) is 10.3. The first-order valence-electron chi connectivity index (χ1n) is 7.74. The summed E-state index contributed by atoms with van der Waals surface area (Å²) < 4.78 is 18.5. The summed E-state index contributed by atoms with van der Waals surface area (Å²) in [5.41, 5.74) is 1.12. The van der Waals surface area contributed by atoms with E-state index in [4.69, 9.17) is 4.74 Å². The minimum Gasteiger partial charge on any atom is -0.379 e. The van der Waals surface area contributed by atoms with Crippen molar-refractivity contribution in [3.8, 4) is 0 Å². The number of benzene rings is 1. The molecular formula is C16H24FN3O. The zero-order chi connectivity index (χ0) is 14.7. The van der Waals surface area contributed by atoms with Crippen molar-refractivity contribution in [2.45, 2.75) is 6.04 Å². The number of piperazine rings is 1. The zero-order valence-electron chi connectivity index (χ0n) is 12.6. The Balaban J connectivity index is 1.50. The summed E-state index contributed by atoms with van der Waals surface area (Å²) in [7, 11) is 2.01. The fourth-order valence-electron chi connectivity index (χ4n) is 3.27. The number of hydrogen-bond donors (Lipinski definition) is 1. The third-order valence-corrected chi connectivity index (χ3v) is 4.63. The second-order valence-corrected chi connectivity index (χ2v) is 5.96. The van der Waals surface area contributed by atoms with Gasteiger partial charge in [-0.1, -0.05) is 0 Å². The Kier molecular flexibility index (Phi) is 4.73. The van der Waals surface area contributed by atoms with E-state index < -0.39 is 0 Å². The molecule has 2 aliphatic rings. The maximum absolute atomic E-state index is 13.0. The summed E-state index contributed by atoms with van der Waals surface area (Å²) in [6, 6.07) is 7.30. The van der Waals surface area contributed by atoms with Crippen molar-refractivity contribution >= 4 is 5.69 Å². The number of halogens is 1. The first-order valence-corrected chi connectivity index (χ1v) is 7.74. The van der Waals surface area contributed by atoms with Crippen molar-refractivity contribution in [3.05, 3.63) is 30.1 Å². The monoisotopic (exact) mass is 293 g/mol. The summed E-state index contributed by atoms with van der Waals surface area (Å²) >= 11 is 0. The summed E-state index contributed by atoms with van der Waals surface area (Å²) in [5, 5.41) is 3.35. The van der Waals surface area contributed by atoms with E-state index >= 15 is 0 Å². The van der Waals surface area contributed by atoms with Crippen LogP contribution in [0.2, 0.25) is 0 Å². The molecule has 116 valence electrons. The Morgan fingerprint density at radius 1 is 1.14 bits per heavy atom. The lowest BCUT2D eigenvalue weighted by molar-refractivity contribution is 0.164. The number of hydrogen-bond acceptors (Lipinski definition) is 4. The van der Waals surface area contributed by atoms with Crippen LogP contribution in [-0.2, 0) is 4.74 Å². The van der Waals surface area contributed by atoms with Crippen LogP contribution < -0.4 is 10.2 Å². The highest BCUT2D eigenvalue weighted by molar-refractivity contribution is 5.46. The normalized spacial score (nSPS) is 27.2. The molecule has 3 rings (SSSR count). The average Bonchev–Trinajstić information content (AvgIpc) is 2.96. The van der Waals surface area contributed by atoms with Gasteiger partial charge in [0.2, 0.25) is 0 Å². The van der Waals surface area contributed by atoms with Crippen LogP contribution in [0.25, 0.3) is 0 Å². The zero-order valence-corrected chi connectivity index (χ0v) is 12.6. The van der Waals surface area contributed by atoms with Gasteiger partial charge in [-0.3, -0.25) is 4.90 Å². The molecule has 1 N–H and O–H groups in total. The van der Waals surface area contributed by atoms with Crippen molar-refractivity contribution in [2.75, 3.05) is 57.9 Å². The number of nitrogens with zero attached hydrogens (tertiary/aromatic N) is 2. The lowest BCUT2D eigenvalue weighted by atomic mass is 10.0. The van der Waals surface area contributed by atoms with Crippen molar-refractivity contribution in [1.29, 1.82) is 0 Å². The molecule has 2 atom stereocenters. The van der Waals surface area contributed by atoms with Gasteiger partial charge in [0.1, 0.15) is 5.82 Å². The molecule has 2 saturated heterocycles. The molecule has 2 heterocycles. The molecule has 0 bridgehead atoms. The molecular weight excluding hydrogens is 269 g/mol. The molecule has 2 fully saturated rings.